The zero-order valence-electron chi connectivity index (χ0n) is 15.9. The first-order chi connectivity index (χ1) is 11.9. The van der Waals surface area contributed by atoms with Gasteiger partial charge in [-0.2, -0.15) is 12.6 Å². The Balaban J connectivity index is 2.93. The Bertz CT molecular complexity index is 193. The van der Waals surface area contributed by atoms with Gasteiger partial charge in [-0.05, 0) is 18.6 Å². The molecular formula is C20H42O3S. The van der Waals surface area contributed by atoms with Gasteiger partial charge in [-0.15, -0.1) is 0 Å². The van der Waals surface area contributed by atoms with Gasteiger partial charge in [0, 0.05) is 6.61 Å². The van der Waals surface area contributed by atoms with Gasteiger partial charge in [0.25, 0.3) is 0 Å². The van der Waals surface area contributed by atoms with Crippen molar-refractivity contribution in [1.29, 1.82) is 0 Å². The van der Waals surface area contributed by atoms with Crippen LogP contribution in [-0.2, 0) is 9.47 Å². The van der Waals surface area contributed by atoms with Crippen LogP contribution in [0.15, 0.2) is 0 Å². The maximum Gasteiger partial charge on any atom is 0.0701 e. The molecule has 0 unspecified atom stereocenters. The Kier molecular flexibility index (Phi) is 23.5. The maximum atomic E-state index is 8.55. The van der Waals surface area contributed by atoms with Crippen molar-refractivity contribution in [1.82, 2.24) is 0 Å². The Morgan fingerprint density at radius 3 is 1.25 bits per heavy atom. The molecule has 0 amide bonds. The molecule has 0 bridgehead atoms. The molecular weight excluding hydrogens is 320 g/mol. The summed E-state index contributed by atoms with van der Waals surface area (Å²) in [5, 5.41) is 8.55. The lowest BCUT2D eigenvalue weighted by molar-refractivity contribution is 0.0321. The summed E-state index contributed by atoms with van der Waals surface area (Å²) in [5.74, 6) is 1.05. The second-order valence-corrected chi connectivity index (χ2v) is 7.07. The summed E-state index contributed by atoms with van der Waals surface area (Å²) in [4.78, 5) is 0. The molecule has 0 saturated carbocycles. The van der Waals surface area contributed by atoms with Crippen molar-refractivity contribution >= 4 is 12.6 Å². The summed E-state index contributed by atoms with van der Waals surface area (Å²) in [5.41, 5.74) is 0. The Labute approximate surface area is 156 Å². The molecule has 0 spiro atoms. The zero-order valence-corrected chi connectivity index (χ0v) is 16.7. The fourth-order valence-electron chi connectivity index (χ4n) is 2.82. The smallest absolute Gasteiger partial charge is 0.0701 e. The average molecular weight is 363 g/mol. The van der Waals surface area contributed by atoms with E-state index in [2.05, 4.69) is 12.6 Å². The molecule has 0 aliphatic carbocycles. The van der Waals surface area contributed by atoms with Crippen molar-refractivity contribution < 1.29 is 14.6 Å². The predicted octanol–water partition coefficient (Wildman–Crippen LogP) is 5.40. The largest absolute Gasteiger partial charge is 0.394 e. The van der Waals surface area contributed by atoms with Gasteiger partial charge in [0.05, 0.1) is 26.4 Å². The van der Waals surface area contributed by atoms with E-state index in [9.17, 15) is 0 Å². The molecule has 0 aliphatic heterocycles. The highest BCUT2D eigenvalue weighted by atomic mass is 32.1. The molecule has 3 nitrogen and oxygen atoms in total. The molecule has 24 heavy (non-hydrogen) atoms. The summed E-state index contributed by atoms with van der Waals surface area (Å²) in [6.07, 6.45) is 19.2. The van der Waals surface area contributed by atoms with E-state index >= 15 is 0 Å². The van der Waals surface area contributed by atoms with E-state index in [0.29, 0.717) is 19.8 Å². The number of aliphatic hydroxyl groups excluding tert-OH is 1. The number of hydrogen-bond donors (Lipinski definition) is 2. The molecule has 0 aromatic carbocycles. The predicted molar refractivity (Wildman–Crippen MR) is 107 cm³/mol. The molecule has 0 saturated heterocycles. The topological polar surface area (TPSA) is 38.7 Å². The first-order valence-corrected chi connectivity index (χ1v) is 10.9. The number of unbranched alkanes of at least 4 members (excludes halogenated alkanes) is 13. The lowest BCUT2D eigenvalue weighted by atomic mass is 10.0. The fraction of sp³-hybridized carbons (Fsp3) is 1.00. The van der Waals surface area contributed by atoms with Crippen LogP contribution in [0.3, 0.4) is 0 Å². The second kappa shape index (κ2) is 23.2. The van der Waals surface area contributed by atoms with E-state index in [1.54, 1.807) is 0 Å². The maximum absolute atomic E-state index is 8.55. The summed E-state index contributed by atoms with van der Waals surface area (Å²) < 4.78 is 10.6. The van der Waals surface area contributed by atoms with Crippen LogP contribution in [0.25, 0.3) is 0 Å². The number of aliphatic hydroxyl groups is 1. The third-order valence-electron chi connectivity index (χ3n) is 4.30. The minimum atomic E-state index is 0.0940. The van der Waals surface area contributed by atoms with E-state index in [-0.39, 0.29) is 6.61 Å². The van der Waals surface area contributed by atoms with Crippen LogP contribution in [0.1, 0.15) is 89.9 Å². The van der Waals surface area contributed by atoms with E-state index in [4.69, 9.17) is 14.6 Å². The van der Waals surface area contributed by atoms with Crippen molar-refractivity contribution in [3.63, 3.8) is 0 Å². The number of ether oxygens (including phenoxy) is 2. The van der Waals surface area contributed by atoms with Gasteiger partial charge in [-0.1, -0.05) is 77.0 Å². The summed E-state index contributed by atoms with van der Waals surface area (Å²) in [6, 6.07) is 0. The normalized spacial score (nSPS) is 11.2. The van der Waals surface area contributed by atoms with Crippen LogP contribution >= 0.6 is 12.6 Å². The Morgan fingerprint density at radius 1 is 0.458 bits per heavy atom. The quantitative estimate of drug-likeness (QED) is 0.212. The zero-order chi connectivity index (χ0) is 17.6. The van der Waals surface area contributed by atoms with Crippen LogP contribution in [-0.4, -0.2) is 43.9 Å². The van der Waals surface area contributed by atoms with Crippen LogP contribution < -0.4 is 0 Å². The molecule has 0 aromatic heterocycles. The van der Waals surface area contributed by atoms with Gasteiger partial charge in [0.15, 0.2) is 0 Å². The van der Waals surface area contributed by atoms with Gasteiger partial charge in [0.2, 0.25) is 0 Å². The molecule has 0 radical (unpaired) electrons. The first-order valence-electron chi connectivity index (χ1n) is 10.3. The SMILES string of the molecule is OCCOCCOCCCCCCCCCCCCCCCCS. The van der Waals surface area contributed by atoms with Gasteiger partial charge in [-0.25, -0.2) is 0 Å². The summed E-state index contributed by atoms with van der Waals surface area (Å²) in [7, 11) is 0. The van der Waals surface area contributed by atoms with Crippen LogP contribution in [0.5, 0.6) is 0 Å². The summed E-state index contributed by atoms with van der Waals surface area (Å²) in [6.45, 7) is 2.60. The highest BCUT2D eigenvalue weighted by Gasteiger charge is 1.95. The van der Waals surface area contributed by atoms with E-state index in [1.807, 2.05) is 0 Å². The van der Waals surface area contributed by atoms with E-state index in [1.165, 1.54) is 83.5 Å². The second-order valence-electron chi connectivity index (χ2n) is 6.62. The molecule has 0 aliphatic rings. The molecule has 0 rings (SSSR count). The highest BCUT2D eigenvalue weighted by molar-refractivity contribution is 7.80. The molecule has 1 N–H and O–H groups in total. The van der Waals surface area contributed by atoms with Gasteiger partial charge in [-0.3, -0.25) is 0 Å². The molecule has 0 fully saturated rings. The van der Waals surface area contributed by atoms with Gasteiger partial charge < -0.3 is 14.6 Å². The van der Waals surface area contributed by atoms with Crippen molar-refractivity contribution in [3.05, 3.63) is 0 Å². The van der Waals surface area contributed by atoms with Crippen molar-refractivity contribution in [2.24, 2.45) is 0 Å². The third-order valence-corrected chi connectivity index (χ3v) is 4.62. The molecule has 146 valence electrons. The molecule has 4 heteroatoms. The van der Waals surface area contributed by atoms with Crippen LogP contribution in [0.4, 0.5) is 0 Å². The highest BCUT2D eigenvalue weighted by Crippen LogP contribution is 2.13. The Hall–Kier alpha value is 0.230. The van der Waals surface area contributed by atoms with E-state index < -0.39 is 0 Å². The van der Waals surface area contributed by atoms with Gasteiger partial charge in [0.1, 0.15) is 0 Å². The number of rotatable bonds is 21. The summed E-state index contributed by atoms with van der Waals surface area (Å²) >= 11 is 4.24. The van der Waals surface area contributed by atoms with Crippen molar-refractivity contribution in [2.75, 3.05) is 38.8 Å². The van der Waals surface area contributed by atoms with E-state index in [0.717, 1.165) is 18.8 Å². The number of hydrogen-bond acceptors (Lipinski definition) is 4. The molecule has 0 aromatic rings. The average Bonchev–Trinajstić information content (AvgIpc) is 2.60. The monoisotopic (exact) mass is 362 g/mol. The lowest BCUT2D eigenvalue weighted by Crippen LogP contribution is -2.07. The Morgan fingerprint density at radius 2 is 0.833 bits per heavy atom. The standard InChI is InChI=1S/C20H42O3S/c21-15-17-23-19-18-22-16-13-11-9-7-5-3-1-2-4-6-8-10-12-14-20-24/h21,24H,1-20H2. The number of thiol groups is 1. The van der Waals surface area contributed by atoms with Crippen molar-refractivity contribution in [3.8, 4) is 0 Å². The van der Waals surface area contributed by atoms with Crippen molar-refractivity contribution in [2.45, 2.75) is 89.9 Å². The minimum absolute atomic E-state index is 0.0940. The molecule has 0 heterocycles. The van der Waals surface area contributed by atoms with Crippen LogP contribution in [0, 0.1) is 0 Å². The van der Waals surface area contributed by atoms with Gasteiger partial charge >= 0.3 is 0 Å². The lowest BCUT2D eigenvalue weighted by Gasteiger charge is -2.05. The minimum Gasteiger partial charge on any atom is -0.394 e. The molecule has 0 atom stereocenters. The first kappa shape index (κ1) is 24.2. The fourth-order valence-corrected chi connectivity index (χ4v) is 3.05. The third kappa shape index (κ3) is 22.2. The van der Waals surface area contributed by atoms with Crippen LogP contribution in [0.2, 0.25) is 0 Å².